The monoisotopic (exact) mass is 493 g/mol. The Kier molecular flexibility index (Phi) is 7.34. The summed E-state index contributed by atoms with van der Waals surface area (Å²) in [6.07, 6.45) is 1.65. The van der Waals surface area contributed by atoms with Gasteiger partial charge in [0.1, 0.15) is 4.70 Å². The van der Waals surface area contributed by atoms with E-state index < -0.39 is 0 Å². The maximum Gasteiger partial charge on any atom is 0.272 e. The lowest BCUT2D eigenvalue weighted by Gasteiger charge is -2.12. The zero-order valence-electron chi connectivity index (χ0n) is 18.7. The molecule has 0 atom stereocenters. The first kappa shape index (κ1) is 23.6. The number of rotatable bonds is 9. The van der Waals surface area contributed by atoms with Crippen molar-refractivity contribution in [3.63, 3.8) is 0 Å². The summed E-state index contributed by atoms with van der Waals surface area (Å²) in [5.74, 6) is 0.948. The highest BCUT2D eigenvalue weighted by molar-refractivity contribution is 7.99. The van der Waals surface area contributed by atoms with E-state index in [2.05, 4.69) is 11.9 Å². The van der Waals surface area contributed by atoms with Gasteiger partial charge in [0.2, 0.25) is 5.91 Å². The van der Waals surface area contributed by atoms with Gasteiger partial charge in [0.05, 0.1) is 25.5 Å². The van der Waals surface area contributed by atoms with Crippen LogP contribution in [0.5, 0.6) is 11.5 Å². The summed E-state index contributed by atoms with van der Waals surface area (Å²) in [7, 11) is 3.09. The van der Waals surface area contributed by atoms with Crippen molar-refractivity contribution in [3.8, 4) is 21.9 Å². The number of benzene rings is 2. The van der Waals surface area contributed by atoms with Crippen LogP contribution in [0.3, 0.4) is 0 Å². The maximum absolute atomic E-state index is 13.2. The summed E-state index contributed by atoms with van der Waals surface area (Å²) in [5, 5.41) is 3.31. The number of amides is 1. The highest BCUT2D eigenvalue weighted by Crippen LogP contribution is 2.32. The number of thiophene rings is 1. The summed E-state index contributed by atoms with van der Waals surface area (Å²) in [5.41, 5.74) is 2.10. The fourth-order valence-electron chi connectivity index (χ4n) is 3.38. The first-order valence-electron chi connectivity index (χ1n) is 10.4. The molecule has 0 fully saturated rings. The maximum atomic E-state index is 13.2. The predicted octanol–water partition coefficient (Wildman–Crippen LogP) is 5.06. The number of ether oxygens (including phenoxy) is 2. The number of hydrogen-bond donors (Lipinski definition) is 1. The van der Waals surface area contributed by atoms with Crippen molar-refractivity contribution >= 4 is 44.9 Å². The lowest BCUT2D eigenvalue weighted by atomic mass is 10.2. The highest BCUT2D eigenvalue weighted by Gasteiger charge is 2.16. The minimum absolute atomic E-state index is 0.0825. The van der Waals surface area contributed by atoms with Gasteiger partial charge in [-0.1, -0.05) is 48.2 Å². The number of allylic oxidation sites excluding steroid dienone is 1. The number of hydrogen-bond acceptors (Lipinski definition) is 7. The molecule has 34 heavy (non-hydrogen) atoms. The molecule has 4 rings (SSSR count). The predicted molar refractivity (Wildman–Crippen MR) is 138 cm³/mol. The van der Waals surface area contributed by atoms with Gasteiger partial charge < -0.3 is 14.8 Å². The van der Waals surface area contributed by atoms with Crippen molar-refractivity contribution < 1.29 is 14.3 Å². The standard InChI is InChI=1S/C25H23N3O4S2/c1-4-12-28-24(30)23-18(14-21(34-23)16-8-6-5-7-9-16)27-25(28)33-15-22(29)26-17-10-11-19(31-2)20(13-17)32-3/h4-11,13-14H,1,12,15H2,2-3H3,(H,26,29). The fraction of sp³-hybridized carbons (Fsp3) is 0.160. The summed E-state index contributed by atoms with van der Waals surface area (Å²) >= 11 is 2.62. The Morgan fingerprint density at radius 1 is 1.15 bits per heavy atom. The second-order valence-corrected chi connectivity index (χ2v) is 9.19. The number of aromatic nitrogens is 2. The average Bonchev–Trinajstić information content (AvgIpc) is 3.30. The van der Waals surface area contributed by atoms with Crippen LogP contribution in [0.1, 0.15) is 0 Å². The molecule has 0 unspecified atom stereocenters. The number of fused-ring (bicyclic) bond motifs is 1. The quantitative estimate of drug-likeness (QED) is 0.199. The molecule has 0 aliphatic heterocycles. The third-order valence-corrected chi connectivity index (χ3v) is 7.11. The number of carbonyl (C=O) groups is 1. The Balaban J connectivity index is 1.57. The van der Waals surface area contributed by atoms with Crippen LogP contribution < -0.4 is 20.3 Å². The van der Waals surface area contributed by atoms with Crippen molar-refractivity contribution in [3.05, 3.63) is 77.6 Å². The topological polar surface area (TPSA) is 82.5 Å². The number of nitrogens with zero attached hydrogens (tertiary/aromatic N) is 2. The van der Waals surface area contributed by atoms with E-state index >= 15 is 0 Å². The van der Waals surface area contributed by atoms with Crippen LogP contribution in [0.15, 0.2) is 77.2 Å². The Bertz CT molecular complexity index is 1400. The van der Waals surface area contributed by atoms with Gasteiger partial charge in [-0.05, 0) is 23.8 Å². The van der Waals surface area contributed by atoms with Crippen LogP contribution in [0, 0.1) is 0 Å². The van der Waals surface area contributed by atoms with E-state index in [0.717, 1.165) is 10.4 Å². The third kappa shape index (κ3) is 5.00. The van der Waals surface area contributed by atoms with Crippen molar-refractivity contribution in [2.75, 3.05) is 25.3 Å². The van der Waals surface area contributed by atoms with Gasteiger partial charge in [0.25, 0.3) is 5.56 Å². The summed E-state index contributed by atoms with van der Waals surface area (Å²) in [6, 6.07) is 16.9. The molecule has 2 heterocycles. The van der Waals surface area contributed by atoms with Gasteiger partial charge in [0, 0.05) is 23.2 Å². The highest BCUT2D eigenvalue weighted by atomic mass is 32.2. The molecule has 0 bridgehead atoms. The van der Waals surface area contributed by atoms with Gasteiger partial charge in [0.15, 0.2) is 16.7 Å². The SMILES string of the molecule is C=CCn1c(SCC(=O)Nc2ccc(OC)c(OC)c2)nc2cc(-c3ccccc3)sc2c1=O. The molecule has 7 nitrogen and oxygen atoms in total. The van der Waals surface area contributed by atoms with E-state index in [0.29, 0.717) is 39.1 Å². The smallest absolute Gasteiger partial charge is 0.272 e. The Morgan fingerprint density at radius 2 is 1.91 bits per heavy atom. The number of anilines is 1. The number of methoxy groups -OCH3 is 2. The first-order valence-corrected chi connectivity index (χ1v) is 12.2. The third-order valence-electron chi connectivity index (χ3n) is 4.97. The van der Waals surface area contributed by atoms with Crippen LogP contribution >= 0.6 is 23.1 Å². The van der Waals surface area contributed by atoms with Gasteiger partial charge in [-0.25, -0.2) is 4.98 Å². The molecule has 0 radical (unpaired) electrons. The number of nitrogens with one attached hydrogen (secondary N) is 1. The molecule has 2 aromatic heterocycles. The van der Waals surface area contributed by atoms with Crippen molar-refractivity contribution in [2.24, 2.45) is 0 Å². The molecule has 4 aromatic rings. The Hall–Kier alpha value is -3.56. The molecule has 9 heteroatoms. The van der Waals surface area contributed by atoms with Crippen LogP contribution in [-0.2, 0) is 11.3 Å². The number of thioether (sulfide) groups is 1. The largest absolute Gasteiger partial charge is 0.493 e. The molecule has 1 N–H and O–H groups in total. The van der Waals surface area contributed by atoms with E-state index in [1.165, 1.54) is 30.2 Å². The lowest BCUT2D eigenvalue weighted by Crippen LogP contribution is -2.23. The van der Waals surface area contributed by atoms with E-state index in [9.17, 15) is 9.59 Å². The van der Waals surface area contributed by atoms with E-state index in [4.69, 9.17) is 14.5 Å². The first-order chi connectivity index (χ1) is 16.5. The van der Waals surface area contributed by atoms with Gasteiger partial charge in [-0.2, -0.15) is 0 Å². The van der Waals surface area contributed by atoms with Crippen LogP contribution in [-0.4, -0.2) is 35.4 Å². The molecule has 0 aliphatic carbocycles. The van der Waals surface area contributed by atoms with Crippen molar-refractivity contribution in [1.29, 1.82) is 0 Å². The number of carbonyl (C=O) groups excluding carboxylic acids is 1. The van der Waals surface area contributed by atoms with Crippen LogP contribution in [0.25, 0.3) is 20.7 Å². The Morgan fingerprint density at radius 3 is 2.62 bits per heavy atom. The summed E-state index contributed by atoms with van der Waals surface area (Å²) in [6.45, 7) is 4.06. The molecule has 0 saturated heterocycles. The molecule has 0 saturated carbocycles. The van der Waals surface area contributed by atoms with E-state index in [-0.39, 0.29) is 17.2 Å². The summed E-state index contributed by atoms with van der Waals surface area (Å²) in [4.78, 5) is 31.5. The van der Waals surface area contributed by atoms with Crippen molar-refractivity contribution in [1.82, 2.24) is 9.55 Å². The van der Waals surface area contributed by atoms with Gasteiger partial charge in [-0.3, -0.25) is 14.2 Å². The normalized spacial score (nSPS) is 10.8. The van der Waals surface area contributed by atoms with Crippen LogP contribution in [0.2, 0.25) is 0 Å². The zero-order valence-corrected chi connectivity index (χ0v) is 20.4. The lowest BCUT2D eigenvalue weighted by molar-refractivity contribution is -0.113. The Labute approximate surface area is 205 Å². The van der Waals surface area contributed by atoms with Crippen LogP contribution in [0.4, 0.5) is 5.69 Å². The molecular weight excluding hydrogens is 470 g/mol. The molecule has 1 amide bonds. The zero-order chi connectivity index (χ0) is 24.1. The summed E-state index contributed by atoms with van der Waals surface area (Å²) < 4.78 is 12.6. The minimum Gasteiger partial charge on any atom is -0.493 e. The molecule has 2 aromatic carbocycles. The molecule has 0 aliphatic rings. The molecule has 174 valence electrons. The average molecular weight is 494 g/mol. The van der Waals surface area contributed by atoms with E-state index in [1.807, 2.05) is 36.4 Å². The second kappa shape index (κ2) is 10.6. The van der Waals surface area contributed by atoms with Gasteiger partial charge >= 0.3 is 0 Å². The van der Waals surface area contributed by atoms with E-state index in [1.54, 1.807) is 36.0 Å². The minimum atomic E-state index is -0.230. The fourth-order valence-corrected chi connectivity index (χ4v) is 5.24. The van der Waals surface area contributed by atoms with Gasteiger partial charge in [-0.15, -0.1) is 17.9 Å². The molecular formula is C25H23N3O4S2. The van der Waals surface area contributed by atoms with Crippen molar-refractivity contribution in [2.45, 2.75) is 11.7 Å². The second-order valence-electron chi connectivity index (χ2n) is 7.20. The molecule has 0 spiro atoms.